The van der Waals surface area contributed by atoms with Crippen molar-refractivity contribution in [3.05, 3.63) is 42.5 Å². The summed E-state index contributed by atoms with van der Waals surface area (Å²) in [6.07, 6.45) is 1.63. The number of para-hydroxylation sites is 1. The molecule has 0 aliphatic carbocycles. The third kappa shape index (κ3) is 4.34. The van der Waals surface area contributed by atoms with Crippen molar-refractivity contribution < 1.29 is 14.3 Å². The summed E-state index contributed by atoms with van der Waals surface area (Å²) < 4.78 is 5.21. The minimum absolute atomic E-state index is 0.145. The van der Waals surface area contributed by atoms with E-state index >= 15 is 0 Å². The van der Waals surface area contributed by atoms with Crippen LogP contribution in [0.25, 0.3) is 0 Å². The third-order valence-corrected chi connectivity index (χ3v) is 2.78. The fourth-order valence-corrected chi connectivity index (χ4v) is 1.77. The molecule has 1 aromatic rings. The van der Waals surface area contributed by atoms with Crippen molar-refractivity contribution in [1.29, 1.82) is 0 Å². The van der Waals surface area contributed by atoms with E-state index in [1.54, 1.807) is 24.3 Å². The molecule has 0 saturated heterocycles. The number of hydrogen-bond donors (Lipinski definition) is 1. The van der Waals surface area contributed by atoms with Crippen LogP contribution in [-0.2, 0) is 4.79 Å². The molecule has 5 heteroatoms. The predicted octanol–water partition coefficient (Wildman–Crippen LogP) is 2.54. The Kier molecular flexibility index (Phi) is 5.52. The SMILES string of the molecule is C=CCC(=O)NN(C(=O)c1ccccc1OC)C(C)(C)C. The highest BCUT2D eigenvalue weighted by Gasteiger charge is 2.30. The number of rotatable bonds is 4. The molecule has 1 N–H and O–H groups in total. The standard InChI is InChI=1S/C16H22N2O3/c1-6-9-14(19)17-18(16(2,3)4)15(20)12-10-7-8-11-13(12)21-5/h6-8,10-11H,1,9H2,2-5H3,(H,17,19). The van der Waals surface area contributed by atoms with E-state index in [4.69, 9.17) is 4.74 Å². The minimum atomic E-state index is -0.575. The lowest BCUT2D eigenvalue weighted by atomic mass is 10.1. The molecule has 0 radical (unpaired) electrons. The zero-order valence-electron chi connectivity index (χ0n) is 13.0. The van der Waals surface area contributed by atoms with Gasteiger partial charge in [0.15, 0.2) is 0 Å². The number of ether oxygens (including phenoxy) is 1. The molecule has 0 saturated carbocycles. The number of amides is 2. The van der Waals surface area contributed by atoms with Crippen LogP contribution in [0.2, 0.25) is 0 Å². The smallest absolute Gasteiger partial charge is 0.276 e. The Bertz CT molecular complexity index is 533. The Labute approximate surface area is 125 Å². The van der Waals surface area contributed by atoms with Gasteiger partial charge in [-0.25, -0.2) is 5.01 Å². The highest BCUT2D eigenvalue weighted by molar-refractivity contribution is 5.98. The fraction of sp³-hybridized carbons (Fsp3) is 0.375. The number of nitrogens with zero attached hydrogens (tertiary/aromatic N) is 1. The third-order valence-electron chi connectivity index (χ3n) is 2.78. The normalized spacial score (nSPS) is 10.7. The van der Waals surface area contributed by atoms with Crippen LogP contribution < -0.4 is 10.2 Å². The molecule has 21 heavy (non-hydrogen) atoms. The van der Waals surface area contributed by atoms with Gasteiger partial charge in [-0.3, -0.25) is 15.0 Å². The molecular formula is C16H22N2O3. The van der Waals surface area contributed by atoms with E-state index in [0.29, 0.717) is 11.3 Å². The van der Waals surface area contributed by atoms with Crippen LogP contribution in [0.5, 0.6) is 5.75 Å². The van der Waals surface area contributed by atoms with Crippen LogP contribution in [0.3, 0.4) is 0 Å². The first-order valence-corrected chi connectivity index (χ1v) is 6.69. The quantitative estimate of drug-likeness (QED) is 0.685. The molecular weight excluding hydrogens is 268 g/mol. The number of nitrogens with one attached hydrogen (secondary N) is 1. The number of hydrogen-bond acceptors (Lipinski definition) is 3. The Hall–Kier alpha value is -2.30. The van der Waals surface area contributed by atoms with E-state index < -0.39 is 5.54 Å². The topological polar surface area (TPSA) is 58.6 Å². The van der Waals surface area contributed by atoms with Gasteiger partial charge in [-0.05, 0) is 32.9 Å². The molecule has 0 spiro atoms. The first kappa shape index (κ1) is 16.8. The predicted molar refractivity (Wildman–Crippen MR) is 81.9 cm³/mol. The summed E-state index contributed by atoms with van der Waals surface area (Å²) in [6.45, 7) is 9.04. The largest absolute Gasteiger partial charge is 0.496 e. The van der Waals surface area contributed by atoms with Crippen LogP contribution >= 0.6 is 0 Å². The van der Waals surface area contributed by atoms with Gasteiger partial charge in [0, 0.05) is 6.42 Å². The van der Waals surface area contributed by atoms with Crippen molar-refractivity contribution in [2.24, 2.45) is 0 Å². The Morgan fingerprint density at radius 1 is 1.33 bits per heavy atom. The highest BCUT2D eigenvalue weighted by Crippen LogP contribution is 2.22. The van der Waals surface area contributed by atoms with Crippen LogP contribution in [0.1, 0.15) is 37.6 Å². The fourth-order valence-electron chi connectivity index (χ4n) is 1.77. The summed E-state index contributed by atoms with van der Waals surface area (Å²) in [6, 6.07) is 6.91. The summed E-state index contributed by atoms with van der Waals surface area (Å²) >= 11 is 0. The van der Waals surface area contributed by atoms with E-state index in [1.165, 1.54) is 18.2 Å². The average Bonchev–Trinajstić information content (AvgIpc) is 2.43. The van der Waals surface area contributed by atoms with Gasteiger partial charge in [-0.15, -0.1) is 6.58 Å². The zero-order valence-corrected chi connectivity index (χ0v) is 13.0. The van der Waals surface area contributed by atoms with E-state index in [2.05, 4.69) is 12.0 Å². The molecule has 0 unspecified atom stereocenters. The minimum Gasteiger partial charge on any atom is -0.496 e. The van der Waals surface area contributed by atoms with Crippen molar-refractivity contribution >= 4 is 11.8 Å². The van der Waals surface area contributed by atoms with E-state index in [-0.39, 0.29) is 18.2 Å². The lowest BCUT2D eigenvalue weighted by molar-refractivity contribution is -0.126. The Balaban J connectivity index is 3.11. The molecule has 1 rings (SSSR count). The molecule has 0 aliphatic rings. The van der Waals surface area contributed by atoms with Crippen LogP contribution in [0, 0.1) is 0 Å². The van der Waals surface area contributed by atoms with Crippen LogP contribution in [0.4, 0.5) is 0 Å². The molecule has 114 valence electrons. The van der Waals surface area contributed by atoms with Crippen molar-refractivity contribution in [2.45, 2.75) is 32.7 Å². The molecule has 0 fully saturated rings. The van der Waals surface area contributed by atoms with Gasteiger partial charge in [0.05, 0.1) is 18.2 Å². The molecule has 2 amide bonds. The Morgan fingerprint density at radius 2 is 1.95 bits per heavy atom. The number of hydrazine groups is 1. The molecule has 0 aromatic heterocycles. The summed E-state index contributed by atoms with van der Waals surface area (Å²) in [7, 11) is 1.50. The van der Waals surface area contributed by atoms with E-state index in [0.717, 1.165) is 0 Å². The van der Waals surface area contributed by atoms with Crippen molar-refractivity contribution in [3.8, 4) is 5.75 Å². The molecule has 5 nitrogen and oxygen atoms in total. The summed E-state index contributed by atoms with van der Waals surface area (Å²) in [4.78, 5) is 24.5. The van der Waals surface area contributed by atoms with Crippen molar-refractivity contribution in [2.75, 3.05) is 7.11 Å². The van der Waals surface area contributed by atoms with Gasteiger partial charge in [-0.1, -0.05) is 18.2 Å². The van der Waals surface area contributed by atoms with E-state index in [9.17, 15) is 9.59 Å². The highest BCUT2D eigenvalue weighted by atomic mass is 16.5. The van der Waals surface area contributed by atoms with Gasteiger partial charge in [0.2, 0.25) is 5.91 Å². The number of methoxy groups -OCH3 is 1. The second-order valence-corrected chi connectivity index (χ2v) is 5.54. The second kappa shape index (κ2) is 6.92. The maximum absolute atomic E-state index is 12.7. The lowest BCUT2D eigenvalue weighted by Gasteiger charge is -2.35. The van der Waals surface area contributed by atoms with Gasteiger partial charge < -0.3 is 4.74 Å². The Morgan fingerprint density at radius 3 is 2.48 bits per heavy atom. The lowest BCUT2D eigenvalue weighted by Crippen LogP contribution is -2.55. The molecule has 0 heterocycles. The van der Waals surface area contributed by atoms with Gasteiger partial charge in [0.25, 0.3) is 5.91 Å². The number of carbonyl (C=O) groups excluding carboxylic acids is 2. The summed E-state index contributed by atoms with van der Waals surface area (Å²) in [5.74, 6) is -0.143. The molecule has 0 atom stereocenters. The van der Waals surface area contributed by atoms with Crippen LogP contribution in [-0.4, -0.2) is 29.5 Å². The van der Waals surface area contributed by atoms with Crippen molar-refractivity contribution in [3.63, 3.8) is 0 Å². The maximum Gasteiger partial charge on any atom is 0.276 e. The summed E-state index contributed by atoms with van der Waals surface area (Å²) in [5.41, 5.74) is 2.45. The van der Waals surface area contributed by atoms with Gasteiger partial charge >= 0.3 is 0 Å². The zero-order chi connectivity index (χ0) is 16.0. The van der Waals surface area contributed by atoms with Gasteiger partial charge in [-0.2, -0.15) is 0 Å². The first-order valence-electron chi connectivity index (χ1n) is 6.69. The second-order valence-electron chi connectivity index (χ2n) is 5.54. The average molecular weight is 290 g/mol. The van der Waals surface area contributed by atoms with Crippen molar-refractivity contribution in [1.82, 2.24) is 10.4 Å². The number of carbonyl (C=O) groups is 2. The summed E-state index contributed by atoms with van der Waals surface area (Å²) in [5, 5.41) is 1.32. The first-order chi connectivity index (χ1) is 9.81. The monoisotopic (exact) mass is 290 g/mol. The molecule has 0 aliphatic heterocycles. The maximum atomic E-state index is 12.7. The number of benzene rings is 1. The molecule has 1 aromatic carbocycles. The van der Waals surface area contributed by atoms with Crippen LogP contribution in [0.15, 0.2) is 36.9 Å². The molecule has 0 bridgehead atoms. The van der Waals surface area contributed by atoms with E-state index in [1.807, 2.05) is 20.8 Å². The van der Waals surface area contributed by atoms with Gasteiger partial charge in [0.1, 0.15) is 5.75 Å².